The summed E-state index contributed by atoms with van der Waals surface area (Å²) < 4.78 is 38.1. The zero-order chi connectivity index (χ0) is 14.0. The fourth-order valence-electron chi connectivity index (χ4n) is 2.29. The molecule has 0 spiro atoms. The van der Waals surface area contributed by atoms with E-state index < -0.39 is 10.0 Å². The monoisotopic (exact) mass is 288 g/mol. The molecule has 1 fully saturated rings. The van der Waals surface area contributed by atoms with E-state index in [4.69, 9.17) is 0 Å². The lowest BCUT2D eigenvalue weighted by atomic mass is 10.1. The molecular weight excluding hydrogens is 271 g/mol. The number of nitrogens with zero attached hydrogens (tertiary/aromatic N) is 2. The first-order valence-corrected chi connectivity index (χ1v) is 7.86. The van der Waals surface area contributed by atoms with E-state index in [0.717, 1.165) is 0 Å². The highest BCUT2D eigenvalue weighted by Gasteiger charge is 2.25. The van der Waals surface area contributed by atoms with Gasteiger partial charge in [0.1, 0.15) is 5.82 Å². The van der Waals surface area contributed by atoms with Crippen LogP contribution in [0.25, 0.3) is 0 Å². The van der Waals surface area contributed by atoms with Gasteiger partial charge < -0.3 is 10.0 Å². The SMILES string of the molecule is CS(=O)(=O)N1CCN(c2c(F)cccc2CO)CC1. The van der Waals surface area contributed by atoms with E-state index in [9.17, 15) is 17.9 Å². The normalized spacial score (nSPS) is 17.7. The zero-order valence-corrected chi connectivity index (χ0v) is 11.5. The summed E-state index contributed by atoms with van der Waals surface area (Å²) in [7, 11) is -3.19. The van der Waals surface area contributed by atoms with Crippen molar-refractivity contribution < 1.29 is 17.9 Å². The van der Waals surface area contributed by atoms with E-state index in [2.05, 4.69) is 0 Å². The maximum atomic E-state index is 13.9. The van der Waals surface area contributed by atoms with E-state index in [1.54, 1.807) is 17.0 Å². The Morgan fingerprint density at radius 3 is 2.42 bits per heavy atom. The molecule has 0 atom stereocenters. The van der Waals surface area contributed by atoms with Crippen LogP contribution in [0.5, 0.6) is 0 Å². The third-order valence-electron chi connectivity index (χ3n) is 3.26. The summed E-state index contributed by atoms with van der Waals surface area (Å²) in [6.07, 6.45) is 1.17. The Kier molecular flexibility index (Phi) is 4.07. The standard InChI is InChI=1S/C12H17FN2O3S/c1-19(17,18)15-7-5-14(6-8-15)12-10(9-16)3-2-4-11(12)13/h2-4,16H,5-9H2,1H3. The van der Waals surface area contributed by atoms with Crippen LogP contribution >= 0.6 is 0 Å². The molecule has 1 aliphatic rings. The van der Waals surface area contributed by atoms with E-state index in [0.29, 0.717) is 37.4 Å². The fourth-order valence-corrected chi connectivity index (χ4v) is 3.11. The number of para-hydroxylation sites is 1. The van der Waals surface area contributed by atoms with Gasteiger partial charge in [0.15, 0.2) is 0 Å². The zero-order valence-electron chi connectivity index (χ0n) is 10.7. The molecule has 106 valence electrons. The molecule has 0 aliphatic carbocycles. The first kappa shape index (κ1) is 14.2. The molecule has 7 heteroatoms. The summed E-state index contributed by atoms with van der Waals surface area (Å²) in [5.41, 5.74) is 0.894. The van der Waals surface area contributed by atoms with Crippen molar-refractivity contribution in [2.45, 2.75) is 6.61 Å². The first-order valence-electron chi connectivity index (χ1n) is 6.02. The maximum absolute atomic E-state index is 13.9. The van der Waals surface area contributed by atoms with Crippen molar-refractivity contribution in [2.75, 3.05) is 37.3 Å². The molecule has 1 heterocycles. The molecule has 0 radical (unpaired) electrons. The predicted octanol–water partition coefficient (Wildman–Crippen LogP) is 0.400. The fraction of sp³-hybridized carbons (Fsp3) is 0.500. The number of hydrogen-bond acceptors (Lipinski definition) is 4. The quantitative estimate of drug-likeness (QED) is 0.874. The van der Waals surface area contributed by atoms with Gasteiger partial charge in [-0.25, -0.2) is 12.8 Å². The van der Waals surface area contributed by atoms with Crippen LogP contribution < -0.4 is 4.90 Å². The molecular formula is C12H17FN2O3S. The van der Waals surface area contributed by atoms with Crippen LogP contribution in [-0.4, -0.2) is 50.3 Å². The first-order chi connectivity index (χ1) is 8.93. The third kappa shape index (κ3) is 3.05. The molecule has 1 aromatic rings. The third-order valence-corrected chi connectivity index (χ3v) is 4.57. The molecule has 19 heavy (non-hydrogen) atoms. The van der Waals surface area contributed by atoms with Gasteiger partial charge in [-0.15, -0.1) is 0 Å². The van der Waals surface area contributed by atoms with Gasteiger partial charge in [0.05, 0.1) is 18.6 Å². The van der Waals surface area contributed by atoms with Crippen LogP contribution in [0.2, 0.25) is 0 Å². The van der Waals surface area contributed by atoms with Crippen molar-refractivity contribution >= 4 is 15.7 Å². The van der Waals surface area contributed by atoms with Crippen molar-refractivity contribution in [3.05, 3.63) is 29.6 Å². The minimum atomic E-state index is -3.19. The summed E-state index contributed by atoms with van der Waals surface area (Å²) in [4.78, 5) is 1.78. The number of sulfonamides is 1. The predicted molar refractivity (Wildman–Crippen MR) is 71.0 cm³/mol. The summed E-state index contributed by atoms with van der Waals surface area (Å²) >= 11 is 0. The lowest BCUT2D eigenvalue weighted by Gasteiger charge is -2.35. The van der Waals surface area contributed by atoms with Gasteiger partial charge in [-0.05, 0) is 6.07 Å². The Balaban J connectivity index is 2.18. The van der Waals surface area contributed by atoms with Crippen LogP contribution in [0.3, 0.4) is 0 Å². The molecule has 0 bridgehead atoms. The Morgan fingerprint density at radius 1 is 1.26 bits per heavy atom. The van der Waals surface area contributed by atoms with Crippen LogP contribution in [-0.2, 0) is 16.6 Å². The van der Waals surface area contributed by atoms with Gasteiger partial charge in [-0.3, -0.25) is 0 Å². The highest BCUT2D eigenvalue weighted by Crippen LogP contribution is 2.26. The Labute approximate surface area is 112 Å². The minimum Gasteiger partial charge on any atom is -0.392 e. The molecule has 0 aromatic heterocycles. The van der Waals surface area contributed by atoms with Crippen molar-refractivity contribution in [3.8, 4) is 0 Å². The summed E-state index contributed by atoms with van der Waals surface area (Å²) in [6, 6.07) is 4.57. The lowest BCUT2D eigenvalue weighted by molar-refractivity contribution is 0.281. The van der Waals surface area contributed by atoms with Crippen LogP contribution in [0.15, 0.2) is 18.2 Å². The Morgan fingerprint density at radius 2 is 1.89 bits per heavy atom. The molecule has 1 N–H and O–H groups in total. The van der Waals surface area contributed by atoms with E-state index in [1.807, 2.05) is 0 Å². The molecule has 1 aromatic carbocycles. The summed E-state index contributed by atoms with van der Waals surface area (Å²) in [6.45, 7) is 1.26. The van der Waals surface area contributed by atoms with Crippen LogP contribution in [0.1, 0.15) is 5.56 Å². The smallest absolute Gasteiger partial charge is 0.211 e. The van der Waals surface area contributed by atoms with Crippen LogP contribution in [0, 0.1) is 5.82 Å². The van der Waals surface area contributed by atoms with Crippen molar-refractivity contribution in [3.63, 3.8) is 0 Å². The Bertz CT molecular complexity index is 554. The Hall–Kier alpha value is -1.18. The highest BCUT2D eigenvalue weighted by atomic mass is 32.2. The van der Waals surface area contributed by atoms with Crippen molar-refractivity contribution in [1.29, 1.82) is 0 Å². The van der Waals surface area contributed by atoms with Crippen molar-refractivity contribution in [2.24, 2.45) is 0 Å². The molecule has 0 saturated carbocycles. The number of aliphatic hydroxyl groups excluding tert-OH is 1. The van der Waals surface area contributed by atoms with Gasteiger partial charge in [0.25, 0.3) is 0 Å². The van der Waals surface area contributed by atoms with E-state index >= 15 is 0 Å². The highest BCUT2D eigenvalue weighted by molar-refractivity contribution is 7.88. The average molecular weight is 288 g/mol. The average Bonchev–Trinajstić information content (AvgIpc) is 2.37. The van der Waals surface area contributed by atoms with Gasteiger partial charge in [0.2, 0.25) is 10.0 Å². The molecule has 0 unspecified atom stereocenters. The summed E-state index contributed by atoms with van der Waals surface area (Å²) in [5.74, 6) is -0.389. The lowest BCUT2D eigenvalue weighted by Crippen LogP contribution is -2.48. The largest absolute Gasteiger partial charge is 0.392 e. The van der Waals surface area contributed by atoms with Gasteiger partial charge in [-0.2, -0.15) is 4.31 Å². The second kappa shape index (κ2) is 5.44. The van der Waals surface area contributed by atoms with Crippen molar-refractivity contribution in [1.82, 2.24) is 4.31 Å². The second-order valence-corrected chi connectivity index (χ2v) is 6.54. The number of aliphatic hydroxyl groups is 1. The van der Waals surface area contributed by atoms with Gasteiger partial charge in [0, 0.05) is 31.7 Å². The molecule has 5 nitrogen and oxygen atoms in total. The summed E-state index contributed by atoms with van der Waals surface area (Å²) in [5, 5.41) is 9.26. The molecule has 1 saturated heterocycles. The number of hydrogen-bond donors (Lipinski definition) is 1. The number of benzene rings is 1. The molecule has 2 rings (SSSR count). The number of halogens is 1. The number of rotatable bonds is 3. The molecule has 1 aliphatic heterocycles. The van der Waals surface area contributed by atoms with Gasteiger partial charge >= 0.3 is 0 Å². The van der Waals surface area contributed by atoms with Gasteiger partial charge in [-0.1, -0.05) is 12.1 Å². The van der Waals surface area contributed by atoms with E-state index in [1.165, 1.54) is 16.6 Å². The number of piperazine rings is 1. The van der Waals surface area contributed by atoms with Crippen LogP contribution in [0.4, 0.5) is 10.1 Å². The second-order valence-electron chi connectivity index (χ2n) is 4.55. The van der Waals surface area contributed by atoms with E-state index in [-0.39, 0.29) is 12.4 Å². The minimum absolute atomic E-state index is 0.237. The number of anilines is 1. The molecule has 0 amide bonds. The maximum Gasteiger partial charge on any atom is 0.211 e. The topological polar surface area (TPSA) is 60.9 Å².